The van der Waals surface area contributed by atoms with Crippen LogP contribution in [0.5, 0.6) is 0 Å². The lowest BCUT2D eigenvalue weighted by atomic mass is 9.78. The molecule has 0 bridgehead atoms. The number of esters is 1. The van der Waals surface area contributed by atoms with E-state index in [0.717, 1.165) is 18.4 Å². The summed E-state index contributed by atoms with van der Waals surface area (Å²) in [6, 6.07) is 18.1. The van der Waals surface area contributed by atoms with Crippen LogP contribution in [0.4, 0.5) is 0 Å². The predicted molar refractivity (Wildman–Crippen MR) is 78.8 cm³/mol. The molecule has 1 N–H and O–H groups in total. The van der Waals surface area contributed by atoms with Gasteiger partial charge in [-0.2, -0.15) is 4.99 Å². The Morgan fingerprint density at radius 2 is 1.67 bits per heavy atom. The van der Waals surface area contributed by atoms with Crippen molar-refractivity contribution in [2.45, 2.75) is 24.8 Å². The SMILES string of the molecule is O=C1OC(c2ccccc2)=[NH+]C12CCc1ccccc1C2. The Balaban J connectivity index is 1.73. The summed E-state index contributed by atoms with van der Waals surface area (Å²) in [5, 5.41) is 0. The van der Waals surface area contributed by atoms with Crippen molar-refractivity contribution in [3.8, 4) is 0 Å². The number of rotatable bonds is 1. The minimum atomic E-state index is -0.598. The van der Waals surface area contributed by atoms with Gasteiger partial charge in [0.25, 0.3) is 5.54 Å². The van der Waals surface area contributed by atoms with Crippen LogP contribution in [-0.2, 0) is 22.4 Å². The topological polar surface area (TPSA) is 40.3 Å². The zero-order valence-electron chi connectivity index (χ0n) is 11.6. The highest BCUT2D eigenvalue weighted by Crippen LogP contribution is 2.28. The highest BCUT2D eigenvalue weighted by Gasteiger charge is 2.54. The van der Waals surface area contributed by atoms with Crippen LogP contribution >= 0.6 is 0 Å². The minimum absolute atomic E-state index is 0.157. The quantitative estimate of drug-likeness (QED) is 0.791. The fourth-order valence-electron chi connectivity index (χ4n) is 3.22. The van der Waals surface area contributed by atoms with Crippen molar-refractivity contribution < 1.29 is 14.5 Å². The fraction of sp³-hybridized carbons (Fsp3) is 0.222. The smallest absolute Gasteiger partial charge is 0.365 e. The molecule has 2 aromatic rings. The maximum absolute atomic E-state index is 12.4. The molecule has 0 radical (unpaired) electrons. The van der Waals surface area contributed by atoms with E-state index >= 15 is 0 Å². The Labute approximate surface area is 123 Å². The number of carbonyl (C=O) groups excluding carboxylic acids is 1. The van der Waals surface area contributed by atoms with E-state index in [1.807, 2.05) is 36.4 Å². The molecule has 0 amide bonds. The molecule has 21 heavy (non-hydrogen) atoms. The number of carbonyl (C=O) groups is 1. The average Bonchev–Trinajstić information content (AvgIpc) is 2.85. The van der Waals surface area contributed by atoms with Crippen molar-refractivity contribution in [1.29, 1.82) is 0 Å². The van der Waals surface area contributed by atoms with Crippen LogP contribution in [0, 0.1) is 0 Å². The van der Waals surface area contributed by atoms with Gasteiger partial charge in [-0.3, -0.25) is 0 Å². The number of nitrogens with one attached hydrogen (secondary N) is 1. The van der Waals surface area contributed by atoms with Gasteiger partial charge in [-0.05, 0) is 29.7 Å². The zero-order valence-corrected chi connectivity index (χ0v) is 11.6. The Kier molecular flexibility index (Phi) is 2.67. The molecule has 0 aromatic heterocycles. The molecule has 1 spiro atoms. The molecular formula is C18H16NO2+. The minimum Gasteiger partial charge on any atom is -0.365 e. The number of cyclic esters (lactones) is 1. The monoisotopic (exact) mass is 278 g/mol. The van der Waals surface area contributed by atoms with Gasteiger partial charge < -0.3 is 4.74 Å². The van der Waals surface area contributed by atoms with E-state index in [2.05, 4.69) is 23.2 Å². The summed E-state index contributed by atoms with van der Waals surface area (Å²) in [4.78, 5) is 15.8. The lowest BCUT2D eigenvalue weighted by Gasteiger charge is -2.24. The summed E-state index contributed by atoms with van der Waals surface area (Å²) in [6.07, 6.45) is 2.37. The first-order chi connectivity index (χ1) is 10.3. The molecule has 1 aliphatic heterocycles. The normalized spacial score (nSPS) is 23.6. The molecule has 1 atom stereocenters. The molecule has 0 saturated carbocycles. The summed E-state index contributed by atoms with van der Waals surface area (Å²) in [5.74, 6) is 0.427. The second kappa shape index (κ2) is 4.55. The third-order valence-corrected chi connectivity index (χ3v) is 4.41. The number of hydrogen-bond acceptors (Lipinski definition) is 2. The third kappa shape index (κ3) is 1.97. The van der Waals surface area contributed by atoms with Crippen LogP contribution in [0.15, 0.2) is 54.6 Å². The standard InChI is InChI=1S/C18H15NO2/c20-17-18(11-10-13-6-4-5-9-15(13)12-18)19-16(21-17)14-7-2-1-3-8-14/h1-9H,10-12H2/p+1. The van der Waals surface area contributed by atoms with Crippen LogP contribution < -0.4 is 4.99 Å². The van der Waals surface area contributed by atoms with Crippen molar-refractivity contribution in [3.05, 3.63) is 71.3 Å². The Morgan fingerprint density at radius 3 is 2.48 bits per heavy atom. The molecule has 104 valence electrons. The van der Waals surface area contributed by atoms with Gasteiger partial charge in [0.15, 0.2) is 0 Å². The first kappa shape index (κ1) is 12.3. The number of aryl methyl sites for hydroxylation is 1. The number of benzene rings is 2. The van der Waals surface area contributed by atoms with E-state index in [0.29, 0.717) is 12.3 Å². The Bertz CT molecular complexity index is 736. The second-order valence-corrected chi connectivity index (χ2v) is 5.74. The Hall–Kier alpha value is -2.42. The molecule has 0 fully saturated rings. The first-order valence-electron chi connectivity index (χ1n) is 7.26. The average molecular weight is 278 g/mol. The first-order valence-corrected chi connectivity index (χ1v) is 7.26. The summed E-state index contributed by atoms with van der Waals surface area (Å²) in [5.41, 5.74) is 2.90. The van der Waals surface area contributed by atoms with Crippen LogP contribution in [0.3, 0.4) is 0 Å². The van der Waals surface area contributed by atoms with Crippen molar-refractivity contribution in [1.82, 2.24) is 0 Å². The summed E-state index contributed by atoms with van der Waals surface area (Å²) in [6.45, 7) is 0. The van der Waals surface area contributed by atoms with Gasteiger partial charge in [0.1, 0.15) is 0 Å². The van der Waals surface area contributed by atoms with Crippen molar-refractivity contribution >= 4 is 11.9 Å². The highest BCUT2D eigenvalue weighted by atomic mass is 16.6. The van der Waals surface area contributed by atoms with E-state index in [-0.39, 0.29) is 5.97 Å². The van der Waals surface area contributed by atoms with Crippen LogP contribution in [0.2, 0.25) is 0 Å². The van der Waals surface area contributed by atoms with Crippen molar-refractivity contribution in [2.24, 2.45) is 0 Å². The highest BCUT2D eigenvalue weighted by molar-refractivity contribution is 6.02. The van der Waals surface area contributed by atoms with E-state index < -0.39 is 5.54 Å². The Morgan fingerprint density at radius 1 is 0.952 bits per heavy atom. The summed E-state index contributed by atoms with van der Waals surface area (Å²) < 4.78 is 5.52. The molecule has 4 rings (SSSR count). The van der Waals surface area contributed by atoms with Crippen LogP contribution in [0.25, 0.3) is 0 Å². The van der Waals surface area contributed by atoms with Crippen molar-refractivity contribution in [3.63, 3.8) is 0 Å². The molecule has 1 heterocycles. The number of hydrogen-bond donors (Lipinski definition) is 1. The molecular weight excluding hydrogens is 262 g/mol. The predicted octanol–water partition coefficient (Wildman–Crippen LogP) is 0.998. The molecule has 1 unspecified atom stereocenters. The number of fused-ring (bicyclic) bond motifs is 1. The largest absolute Gasteiger partial charge is 0.388 e. The second-order valence-electron chi connectivity index (χ2n) is 5.74. The molecule has 3 heteroatoms. The summed E-state index contributed by atoms with van der Waals surface area (Å²) in [7, 11) is 0. The fourth-order valence-corrected chi connectivity index (χ4v) is 3.22. The molecule has 3 nitrogen and oxygen atoms in total. The van der Waals surface area contributed by atoms with Crippen LogP contribution in [0.1, 0.15) is 23.1 Å². The van der Waals surface area contributed by atoms with Gasteiger partial charge in [0, 0.05) is 12.8 Å². The van der Waals surface area contributed by atoms with Crippen molar-refractivity contribution in [2.75, 3.05) is 0 Å². The molecule has 2 aliphatic rings. The van der Waals surface area contributed by atoms with Gasteiger partial charge in [-0.1, -0.05) is 42.5 Å². The number of ether oxygens (including phenoxy) is 1. The molecule has 2 aromatic carbocycles. The molecule has 0 saturated heterocycles. The van der Waals surface area contributed by atoms with Gasteiger partial charge >= 0.3 is 11.9 Å². The maximum Gasteiger partial charge on any atom is 0.388 e. The zero-order chi connectivity index (χ0) is 14.3. The van der Waals surface area contributed by atoms with Crippen LogP contribution in [-0.4, -0.2) is 17.4 Å². The van der Waals surface area contributed by atoms with Gasteiger partial charge in [0.2, 0.25) is 0 Å². The third-order valence-electron chi connectivity index (χ3n) is 4.41. The van der Waals surface area contributed by atoms with E-state index in [9.17, 15) is 4.79 Å². The van der Waals surface area contributed by atoms with Gasteiger partial charge in [-0.25, -0.2) is 4.79 Å². The lowest BCUT2D eigenvalue weighted by Crippen LogP contribution is -2.87. The van der Waals surface area contributed by atoms with Gasteiger partial charge in [0.05, 0.1) is 5.56 Å². The van der Waals surface area contributed by atoms with E-state index in [1.54, 1.807) is 0 Å². The molecule has 1 aliphatic carbocycles. The van der Waals surface area contributed by atoms with E-state index in [1.165, 1.54) is 11.1 Å². The summed E-state index contributed by atoms with van der Waals surface area (Å²) >= 11 is 0. The van der Waals surface area contributed by atoms with E-state index in [4.69, 9.17) is 4.74 Å². The van der Waals surface area contributed by atoms with Gasteiger partial charge in [-0.15, -0.1) is 0 Å². The lowest BCUT2D eigenvalue weighted by molar-refractivity contribution is -0.530. The maximum atomic E-state index is 12.4.